The van der Waals surface area contributed by atoms with Crippen molar-refractivity contribution >= 4 is 5.91 Å². The zero-order valence-electron chi connectivity index (χ0n) is 13.1. The molecule has 0 radical (unpaired) electrons. The molecule has 1 atom stereocenters. The van der Waals surface area contributed by atoms with Gasteiger partial charge in [0.15, 0.2) is 0 Å². The molecule has 1 fully saturated rings. The summed E-state index contributed by atoms with van der Waals surface area (Å²) < 4.78 is 0. The van der Waals surface area contributed by atoms with Crippen LogP contribution in [0.25, 0.3) is 0 Å². The van der Waals surface area contributed by atoms with Gasteiger partial charge in [-0.15, -0.1) is 0 Å². The lowest BCUT2D eigenvalue weighted by atomic mass is 9.88. The summed E-state index contributed by atoms with van der Waals surface area (Å²) in [4.78, 5) is 14.7. The topological polar surface area (TPSA) is 32.3 Å². The summed E-state index contributed by atoms with van der Waals surface area (Å²) in [5.74, 6) is 1.15. The minimum absolute atomic E-state index is 0.199. The monoisotopic (exact) mass is 268 g/mol. The molecule has 1 N–H and O–H groups in total. The molecule has 0 saturated carbocycles. The molecule has 0 bridgehead atoms. The van der Waals surface area contributed by atoms with E-state index in [9.17, 15) is 4.79 Å². The van der Waals surface area contributed by atoms with Crippen molar-refractivity contribution in [2.75, 3.05) is 26.2 Å². The van der Waals surface area contributed by atoms with Crippen LogP contribution in [0.1, 0.15) is 59.3 Å². The lowest BCUT2D eigenvalue weighted by Crippen LogP contribution is -2.50. The third kappa shape index (κ3) is 5.52. The molecule has 0 spiro atoms. The first kappa shape index (κ1) is 16.5. The average Bonchev–Trinajstić information content (AvgIpc) is 2.34. The molecule has 1 unspecified atom stereocenters. The van der Waals surface area contributed by atoms with Crippen LogP contribution in [0.15, 0.2) is 0 Å². The highest BCUT2D eigenvalue weighted by Gasteiger charge is 2.31. The van der Waals surface area contributed by atoms with E-state index in [4.69, 9.17) is 0 Å². The quantitative estimate of drug-likeness (QED) is 0.618. The number of unbranched alkanes of at least 4 members (excludes halogenated alkanes) is 4. The van der Waals surface area contributed by atoms with Crippen molar-refractivity contribution in [3.8, 4) is 0 Å². The molecule has 1 aliphatic rings. The molecule has 112 valence electrons. The van der Waals surface area contributed by atoms with Crippen LogP contribution in [-0.2, 0) is 4.79 Å². The Bertz CT molecular complexity index is 241. The molecule has 1 saturated heterocycles. The van der Waals surface area contributed by atoms with Crippen LogP contribution >= 0.6 is 0 Å². The fraction of sp³-hybridized carbons (Fsp3) is 0.938. The average molecular weight is 268 g/mol. The van der Waals surface area contributed by atoms with Gasteiger partial charge in [0.2, 0.25) is 5.91 Å². The zero-order chi connectivity index (χ0) is 14.1. The number of hydrogen-bond acceptors (Lipinski definition) is 2. The maximum atomic E-state index is 12.6. The highest BCUT2D eigenvalue weighted by molar-refractivity contribution is 5.79. The van der Waals surface area contributed by atoms with E-state index in [1.165, 1.54) is 25.7 Å². The van der Waals surface area contributed by atoms with Gasteiger partial charge in [0.05, 0.1) is 0 Å². The maximum absolute atomic E-state index is 12.6. The first-order valence-electron chi connectivity index (χ1n) is 8.20. The summed E-state index contributed by atoms with van der Waals surface area (Å²) >= 11 is 0. The molecule has 3 nitrogen and oxygen atoms in total. The number of nitrogens with one attached hydrogen (secondary N) is 1. The molecule has 0 aromatic heterocycles. The number of hydrogen-bond donors (Lipinski definition) is 1. The number of carbonyl (C=O) groups excluding carboxylic acids is 1. The Morgan fingerprint density at radius 2 is 1.63 bits per heavy atom. The van der Waals surface area contributed by atoms with E-state index in [0.717, 1.165) is 39.0 Å². The van der Waals surface area contributed by atoms with Crippen molar-refractivity contribution < 1.29 is 4.79 Å². The number of carbonyl (C=O) groups is 1. The van der Waals surface area contributed by atoms with E-state index in [1.807, 2.05) is 0 Å². The Morgan fingerprint density at radius 3 is 2.00 bits per heavy atom. The predicted molar refractivity (Wildman–Crippen MR) is 81.2 cm³/mol. The van der Waals surface area contributed by atoms with Gasteiger partial charge in [-0.3, -0.25) is 4.79 Å². The molecule has 1 heterocycles. The van der Waals surface area contributed by atoms with E-state index < -0.39 is 0 Å². The molecule has 0 aromatic carbocycles. The summed E-state index contributed by atoms with van der Waals surface area (Å²) in [6.45, 7) is 10.5. The standard InChI is InChI=1S/C16H32N2O/c1-4-6-8-10-18(11-9-7-5-2)16(19)14(3)15-12-17-13-15/h14-15,17H,4-13H2,1-3H3. The molecular weight excluding hydrogens is 236 g/mol. The second kappa shape index (κ2) is 9.35. The van der Waals surface area contributed by atoms with Gasteiger partial charge in [-0.1, -0.05) is 46.5 Å². The van der Waals surface area contributed by atoms with Crippen LogP contribution in [0.5, 0.6) is 0 Å². The van der Waals surface area contributed by atoms with E-state index in [-0.39, 0.29) is 5.92 Å². The summed E-state index contributed by atoms with van der Waals surface area (Å²) in [6, 6.07) is 0. The summed E-state index contributed by atoms with van der Waals surface area (Å²) in [7, 11) is 0. The lowest BCUT2D eigenvalue weighted by molar-refractivity contribution is -0.137. The van der Waals surface area contributed by atoms with E-state index >= 15 is 0 Å². The molecular formula is C16H32N2O. The molecule has 0 aliphatic carbocycles. The molecule has 1 rings (SSSR count). The highest BCUT2D eigenvalue weighted by atomic mass is 16.2. The molecule has 0 aromatic rings. The second-order valence-corrected chi connectivity index (χ2v) is 5.95. The van der Waals surface area contributed by atoms with E-state index in [1.54, 1.807) is 0 Å². The predicted octanol–water partition coefficient (Wildman–Crippen LogP) is 3.05. The number of rotatable bonds is 10. The highest BCUT2D eigenvalue weighted by Crippen LogP contribution is 2.19. The van der Waals surface area contributed by atoms with E-state index in [0.29, 0.717) is 11.8 Å². The second-order valence-electron chi connectivity index (χ2n) is 5.95. The fourth-order valence-electron chi connectivity index (χ4n) is 2.59. The van der Waals surface area contributed by atoms with Crippen molar-refractivity contribution in [3.63, 3.8) is 0 Å². The molecule has 1 amide bonds. The van der Waals surface area contributed by atoms with Crippen LogP contribution in [-0.4, -0.2) is 37.0 Å². The van der Waals surface area contributed by atoms with Gasteiger partial charge in [-0.05, 0) is 31.8 Å². The van der Waals surface area contributed by atoms with Crippen LogP contribution in [0, 0.1) is 11.8 Å². The number of nitrogens with zero attached hydrogens (tertiary/aromatic N) is 1. The van der Waals surface area contributed by atoms with Gasteiger partial charge in [0, 0.05) is 19.0 Å². The molecule has 1 aliphatic heterocycles. The van der Waals surface area contributed by atoms with Gasteiger partial charge in [0.1, 0.15) is 0 Å². The van der Waals surface area contributed by atoms with Crippen LogP contribution < -0.4 is 5.32 Å². The normalized spacial score (nSPS) is 17.0. The van der Waals surface area contributed by atoms with Crippen molar-refractivity contribution in [1.29, 1.82) is 0 Å². The summed E-state index contributed by atoms with van der Waals surface area (Å²) in [5.41, 5.74) is 0. The number of amides is 1. The lowest BCUT2D eigenvalue weighted by Gasteiger charge is -2.35. The Morgan fingerprint density at radius 1 is 1.11 bits per heavy atom. The van der Waals surface area contributed by atoms with Crippen molar-refractivity contribution in [3.05, 3.63) is 0 Å². The van der Waals surface area contributed by atoms with Crippen LogP contribution in [0.2, 0.25) is 0 Å². The van der Waals surface area contributed by atoms with Gasteiger partial charge in [-0.2, -0.15) is 0 Å². The van der Waals surface area contributed by atoms with Gasteiger partial charge < -0.3 is 10.2 Å². The minimum Gasteiger partial charge on any atom is -0.342 e. The Labute approximate surface area is 119 Å². The van der Waals surface area contributed by atoms with Crippen LogP contribution in [0.3, 0.4) is 0 Å². The first-order chi connectivity index (χ1) is 9.20. The third-order valence-corrected chi connectivity index (χ3v) is 4.28. The Hall–Kier alpha value is -0.570. The third-order valence-electron chi connectivity index (χ3n) is 4.28. The summed E-state index contributed by atoms with van der Waals surface area (Å²) in [5, 5.41) is 3.27. The van der Waals surface area contributed by atoms with Crippen molar-refractivity contribution in [1.82, 2.24) is 10.2 Å². The van der Waals surface area contributed by atoms with Crippen molar-refractivity contribution in [2.24, 2.45) is 11.8 Å². The largest absolute Gasteiger partial charge is 0.342 e. The van der Waals surface area contributed by atoms with Gasteiger partial charge >= 0.3 is 0 Å². The van der Waals surface area contributed by atoms with Crippen molar-refractivity contribution in [2.45, 2.75) is 59.3 Å². The van der Waals surface area contributed by atoms with Gasteiger partial charge in [0.25, 0.3) is 0 Å². The smallest absolute Gasteiger partial charge is 0.225 e. The SMILES string of the molecule is CCCCCN(CCCCC)C(=O)C(C)C1CNC1. The first-order valence-corrected chi connectivity index (χ1v) is 8.20. The van der Waals surface area contributed by atoms with Crippen LogP contribution in [0.4, 0.5) is 0 Å². The Kier molecular flexibility index (Phi) is 8.11. The van der Waals surface area contributed by atoms with E-state index in [2.05, 4.69) is 31.0 Å². The molecule has 3 heteroatoms. The Balaban J connectivity index is 2.41. The fourth-order valence-corrected chi connectivity index (χ4v) is 2.59. The van der Waals surface area contributed by atoms with Gasteiger partial charge in [-0.25, -0.2) is 0 Å². The maximum Gasteiger partial charge on any atom is 0.225 e. The molecule has 19 heavy (non-hydrogen) atoms. The summed E-state index contributed by atoms with van der Waals surface area (Å²) in [6.07, 6.45) is 7.22. The zero-order valence-corrected chi connectivity index (χ0v) is 13.1. The minimum atomic E-state index is 0.199.